The lowest BCUT2D eigenvalue weighted by atomic mass is 9.97. The molecule has 2 aromatic rings. The number of aromatic nitrogens is 2. The summed E-state index contributed by atoms with van der Waals surface area (Å²) in [5.41, 5.74) is 2.47. The monoisotopic (exact) mass is 610 g/mol. The Morgan fingerprint density at radius 3 is 2.62 bits per heavy atom. The van der Waals surface area contributed by atoms with Gasteiger partial charge in [0, 0.05) is 74.3 Å². The van der Waals surface area contributed by atoms with E-state index in [1.165, 1.54) is 18.2 Å². The number of likely N-dealkylation sites (tertiary alicyclic amines) is 1. The van der Waals surface area contributed by atoms with Crippen LogP contribution in [-0.2, 0) is 48.0 Å². The summed E-state index contributed by atoms with van der Waals surface area (Å²) in [5, 5.41) is 18.4. The van der Waals surface area contributed by atoms with Crippen LogP contribution in [0.3, 0.4) is 0 Å². The van der Waals surface area contributed by atoms with Gasteiger partial charge in [-0.15, -0.1) is 0 Å². The molecule has 0 bridgehead atoms. The molecular formula is C29H41F3N6O3S. The van der Waals surface area contributed by atoms with Gasteiger partial charge in [0.15, 0.2) is 0 Å². The van der Waals surface area contributed by atoms with Crippen LogP contribution < -0.4 is 5.32 Å². The number of allylic oxidation sites excluding steroid dienone is 1. The second kappa shape index (κ2) is 13.4. The Labute approximate surface area is 247 Å². The SMILES string of the molecule is CC(C)=CC(=O)NCc1cc(-c2nn(CC(O)CN3CCC(N(C)C)C3)c3c2CN(S(C)=O)CC3)ccc1C(F)(F)F. The number of nitrogens with one attached hydrogen (secondary N) is 1. The molecule has 1 aromatic carbocycles. The van der Waals surface area contributed by atoms with Crippen molar-refractivity contribution >= 4 is 16.9 Å². The fourth-order valence-electron chi connectivity index (χ4n) is 5.68. The average molecular weight is 611 g/mol. The Morgan fingerprint density at radius 2 is 2.00 bits per heavy atom. The van der Waals surface area contributed by atoms with Gasteiger partial charge in [-0.3, -0.25) is 14.4 Å². The van der Waals surface area contributed by atoms with Gasteiger partial charge in [-0.25, -0.2) is 8.51 Å². The summed E-state index contributed by atoms with van der Waals surface area (Å²) in [7, 11) is 2.87. The third kappa shape index (κ3) is 7.87. The van der Waals surface area contributed by atoms with Crippen molar-refractivity contribution in [2.75, 3.05) is 46.5 Å². The molecule has 0 saturated carbocycles. The van der Waals surface area contributed by atoms with Crippen LogP contribution in [0.1, 0.15) is 42.7 Å². The molecule has 9 nitrogen and oxygen atoms in total. The standard InChI is InChI=1S/C29H41F3N6O3S/c1-19(2)12-27(40)33-14-21-13-20(6-7-25(21)29(30,31)32)28-24-18-37(42(5)41)11-9-26(24)38(34-28)17-23(39)16-36-10-8-22(15-36)35(3)4/h6-7,12-13,22-23,39H,8-11,14-18H2,1-5H3,(H,33,40). The van der Waals surface area contributed by atoms with Gasteiger partial charge in [0.1, 0.15) is 0 Å². The van der Waals surface area contributed by atoms with Crippen LogP contribution in [0.25, 0.3) is 11.3 Å². The summed E-state index contributed by atoms with van der Waals surface area (Å²) in [4.78, 5) is 16.6. The summed E-state index contributed by atoms with van der Waals surface area (Å²) in [5.74, 6) is -0.472. The molecule has 1 amide bonds. The highest BCUT2D eigenvalue weighted by Crippen LogP contribution is 2.36. The number of hydrogen-bond donors (Lipinski definition) is 2. The Kier molecular flexibility index (Phi) is 10.3. The van der Waals surface area contributed by atoms with Crippen molar-refractivity contribution in [2.45, 2.75) is 64.6 Å². The normalized spacial score (nSPS) is 19.5. The number of aliphatic hydroxyl groups is 1. The lowest BCUT2D eigenvalue weighted by Crippen LogP contribution is -2.37. The number of halogens is 3. The molecular weight excluding hydrogens is 569 g/mol. The van der Waals surface area contributed by atoms with Gasteiger partial charge >= 0.3 is 6.18 Å². The van der Waals surface area contributed by atoms with Crippen molar-refractivity contribution in [1.82, 2.24) is 29.2 Å². The van der Waals surface area contributed by atoms with Crippen LogP contribution in [0.5, 0.6) is 0 Å². The molecule has 2 N–H and O–H groups in total. The zero-order chi connectivity index (χ0) is 30.8. The number of likely N-dealkylation sites (N-methyl/N-ethyl adjacent to an activating group) is 1. The zero-order valence-corrected chi connectivity index (χ0v) is 25.7. The fraction of sp³-hybridized carbons (Fsp3) is 0.586. The number of rotatable bonds is 10. The summed E-state index contributed by atoms with van der Waals surface area (Å²) in [6, 6.07) is 4.28. The number of aliphatic hydroxyl groups excluding tert-OH is 1. The largest absolute Gasteiger partial charge is 0.416 e. The first-order valence-corrected chi connectivity index (χ1v) is 15.6. The first-order chi connectivity index (χ1) is 19.7. The predicted molar refractivity (Wildman–Crippen MR) is 157 cm³/mol. The zero-order valence-electron chi connectivity index (χ0n) is 24.9. The number of carbonyl (C=O) groups is 1. The topological polar surface area (TPSA) is 93.9 Å². The van der Waals surface area contributed by atoms with Crippen LogP contribution >= 0.6 is 0 Å². The van der Waals surface area contributed by atoms with Crippen LogP contribution in [-0.4, -0.2) is 97.8 Å². The van der Waals surface area contributed by atoms with E-state index >= 15 is 0 Å². The van der Waals surface area contributed by atoms with Crippen LogP contribution in [0.2, 0.25) is 0 Å². The Hall–Kier alpha value is -2.58. The number of benzene rings is 1. The van der Waals surface area contributed by atoms with Gasteiger partial charge in [-0.2, -0.15) is 18.3 Å². The van der Waals surface area contributed by atoms with E-state index in [1.54, 1.807) is 29.1 Å². The van der Waals surface area contributed by atoms with E-state index in [4.69, 9.17) is 5.10 Å². The first-order valence-electron chi connectivity index (χ1n) is 14.1. The smallest absolute Gasteiger partial charge is 0.390 e. The number of β-amino-alcohol motifs (C(OH)–C–C–N with tert-alkyl or cyclic N) is 1. The lowest BCUT2D eigenvalue weighted by Gasteiger charge is -2.26. The van der Waals surface area contributed by atoms with Gasteiger partial charge in [0.05, 0.1) is 34.9 Å². The van der Waals surface area contributed by atoms with Crippen molar-refractivity contribution in [2.24, 2.45) is 0 Å². The van der Waals surface area contributed by atoms with E-state index in [2.05, 4.69) is 29.2 Å². The van der Waals surface area contributed by atoms with Gasteiger partial charge in [0.25, 0.3) is 0 Å². The highest BCUT2D eigenvalue weighted by atomic mass is 32.2. The highest BCUT2D eigenvalue weighted by molar-refractivity contribution is 7.81. The highest BCUT2D eigenvalue weighted by Gasteiger charge is 2.34. The molecule has 0 aliphatic carbocycles. The maximum atomic E-state index is 13.9. The number of amides is 1. The average Bonchev–Trinajstić information content (AvgIpc) is 3.51. The Bertz CT molecular complexity index is 1340. The molecule has 42 heavy (non-hydrogen) atoms. The van der Waals surface area contributed by atoms with Gasteiger partial charge < -0.3 is 15.3 Å². The van der Waals surface area contributed by atoms with E-state index in [1.807, 2.05) is 0 Å². The molecule has 3 atom stereocenters. The number of nitrogens with zero attached hydrogens (tertiary/aromatic N) is 5. The molecule has 1 aromatic heterocycles. The first kappa shape index (κ1) is 32.3. The molecule has 1 fully saturated rings. The second-order valence-electron chi connectivity index (χ2n) is 11.6. The third-order valence-electron chi connectivity index (χ3n) is 7.85. The van der Waals surface area contributed by atoms with Crippen molar-refractivity contribution in [3.05, 3.63) is 52.2 Å². The Morgan fingerprint density at radius 1 is 1.26 bits per heavy atom. The quantitative estimate of drug-likeness (QED) is 0.402. The van der Waals surface area contributed by atoms with E-state index in [-0.39, 0.29) is 18.7 Å². The summed E-state index contributed by atoms with van der Waals surface area (Å²) in [6.07, 6.45) is -0.767. The number of alkyl halides is 3. The minimum Gasteiger partial charge on any atom is -0.390 e. The molecule has 0 spiro atoms. The van der Waals surface area contributed by atoms with Crippen molar-refractivity contribution in [1.29, 1.82) is 0 Å². The molecule has 2 aliphatic heterocycles. The van der Waals surface area contributed by atoms with E-state index in [0.29, 0.717) is 43.4 Å². The van der Waals surface area contributed by atoms with Crippen molar-refractivity contribution < 1.29 is 27.3 Å². The molecule has 0 radical (unpaired) electrons. The lowest BCUT2D eigenvalue weighted by molar-refractivity contribution is -0.138. The van der Waals surface area contributed by atoms with Crippen molar-refractivity contribution in [3.8, 4) is 11.3 Å². The van der Waals surface area contributed by atoms with Gasteiger partial charge in [-0.1, -0.05) is 11.6 Å². The van der Waals surface area contributed by atoms with Crippen LogP contribution in [0.15, 0.2) is 29.8 Å². The maximum absolute atomic E-state index is 13.9. The van der Waals surface area contributed by atoms with Crippen LogP contribution in [0, 0.1) is 0 Å². The molecule has 13 heteroatoms. The Balaban J connectivity index is 1.65. The van der Waals surface area contributed by atoms with E-state index in [9.17, 15) is 27.3 Å². The van der Waals surface area contributed by atoms with E-state index in [0.717, 1.165) is 42.4 Å². The van der Waals surface area contributed by atoms with Gasteiger partial charge in [-0.05, 0) is 58.6 Å². The summed E-state index contributed by atoms with van der Waals surface area (Å²) >= 11 is 0. The molecule has 1 saturated heterocycles. The predicted octanol–water partition coefficient (Wildman–Crippen LogP) is 2.80. The molecule has 3 heterocycles. The third-order valence-corrected chi connectivity index (χ3v) is 8.89. The summed E-state index contributed by atoms with van der Waals surface area (Å²) in [6.45, 7) is 6.55. The fourth-order valence-corrected chi connectivity index (χ4v) is 6.34. The molecule has 232 valence electrons. The van der Waals surface area contributed by atoms with Gasteiger partial charge in [0.2, 0.25) is 5.91 Å². The maximum Gasteiger partial charge on any atom is 0.416 e. The number of carbonyl (C=O) groups excluding carboxylic acids is 1. The second-order valence-corrected chi connectivity index (χ2v) is 13.0. The molecule has 2 aliphatic rings. The van der Waals surface area contributed by atoms with E-state index < -0.39 is 34.7 Å². The minimum atomic E-state index is -4.60. The summed E-state index contributed by atoms with van der Waals surface area (Å²) < 4.78 is 57.6. The minimum absolute atomic E-state index is 0.0740. The number of fused-ring (bicyclic) bond motifs is 1. The molecule has 3 unspecified atom stereocenters. The molecule has 4 rings (SSSR count). The van der Waals surface area contributed by atoms with Crippen molar-refractivity contribution in [3.63, 3.8) is 0 Å². The number of hydrogen-bond acceptors (Lipinski definition) is 6. The van der Waals surface area contributed by atoms with Crippen LogP contribution in [0.4, 0.5) is 13.2 Å².